The molecule has 0 radical (unpaired) electrons. The molecule has 3 rings (SSSR count). The van der Waals surface area contributed by atoms with Gasteiger partial charge in [0.05, 0.1) is 27.2 Å². The van der Waals surface area contributed by atoms with Crippen LogP contribution in [0.1, 0.15) is 24.8 Å². The van der Waals surface area contributed by atoms with E-state index < -0.39 is 0 Å². The molecule has 2 aliphatic rings. The highest BCUT2D eigenvalue weighted by Gasteiger charge is 2.48. The second-order valence-corrected chi connectivity index (χ2v) is 6.99. The third kappa shape index (κ3) is 3.40. The molecule has 0 saturated heterocycles. The van der Waals surface area contributed by atoms with E-state index in [9.17, 15) is 4.79 Å². The maximum Gasteiger partial charge on any atom is 0.224 e. The number of ether oxygens (including phenoxy) is 3. The third-order valence-corrected chi connectivity index (χ3v) is 5.77. The number of carbonyl (C=O) groups excluding carboxylic acids is 1. The zero-order valence-electron chi connectivity index (χ0n) is 15.2. The van der Waals surface area contributed by atoms with E-state index in [-0.39, 0.29) is 17.9 Å². The first kappa shape index (κ1) is 17.9. The predicted molar refractivity (Wildman–Crippen MR) is 95.1 cm³/mol. The van der Waals surface area contributed by atoms with Gasteiger partial charge in [0, 0.05) is 30.3 Å². The molecule has 6 heteroatoms. The summed E-state index contributed by atoms with van der Waals surface area (Å²) in [5.74, 6) is 3.12. The predicted octanol–water partition coefficient (Wildman–Crippen LogP) is 1.74. The summed E-state index contributed by atoms with van der Waals surface area (Å²) in [6, 6.07) is 3.67. The molecule has 0 aliphatic heterocycles. The number of hydrogen-bond donors (Lipinski definition) is 2. The molecular formula is C19H28N2O4. The van der Waals surface area contributed by atoms with Crippen molar-refractivity contribution in [2.45, 2.75) is 31.7 Å². The number of fused-ring (bicyclic) bond motifs is 2. The molecule has 6 nitrogen and oxygen atoms in total. The van der Waals surface area contributed by atoms with Crippen LogP contribution in [0, 0.1) is 17.8 Å². The topological polar surface area (TPSA) is 82.8 Å². The second-order valence-electron chi connectivity index (χ2n) is 6.99. The van der Waals surface area contributed by atoms with Crippen LogP contribution in [0.2, 0.25) is 0 Å². The van der Waals surface area contributed by atoms with Crippen LogP contribution >= 0.6 is 0 Å². The molecule has 1 aromatic rings. The number of rotatable bonds is 7. The number of amides is 1. The first-order valence-electron chi connectivity index (χ1n) is 8.91. The number of methoxy groups -OCH3 is 3. The Morgan fingerprint density at radius 3 is 2.28 bits per heavy atom. The van der Waals surface area contributed by atoms with Crippen LogP contribution in [0.3, 0.4) is 0 Å². The van der Waals surface area contributed by atoms with Crippen LogP contribution in [-0.2, 0) is 11.2 Å². The number of nitrogens with two attached hydrogens (primary N) is 1. The zero-order chi connectivity index (χ0) is 18.0. The van der Waals surface area contributed by atoms with Crippen molar-refractivity contribution in [3.8, 4) is 17.2 Å². The van der Waals surface area contributed by atoms with Crippen LogP contribution < -0.4 is 25.3 Å². The molecule has 2 bridgehead atoms. The summed E-state index contributed by atoms with van der Waals surface area (Å²) in [7, 11) is 4.84. The van der Waals surface area contributed by atoms with E-state index in [1.165, 1.54) is 6.42 Å². The molecule has 1 amide bonds. The average Bonchev–Trinajstić information content (AvgIpc) is 3.22. The maximum atomic E-state index is 12.6. The zero-order valence-corrected chi connectivity index (χ0v) is 15.2. The SMILES string of the molecule is COc1cc(OC)c(CCNC(=O)C2C3CCC(C3)C2N)c(OC)c1. The van der Waals surface area contributed by atoms with Crippen LogP contribution in [0.15, 0.2) is 12.1 Å². The van der Waals surface area contributed by atoms with Gasteiger partial charge in [0.2, 0.25) is 5.91 Å². The van der Waals surface area contributed by atoms with Gasteiger partial charge in [-0.15, -0.1) is 0 Å². The number of carbonyl (C=O) groups is 1. The van der Waals surface area contributed by atoms with Crippen molar-refractivity contribution in [2.24, 2.45) is 23.5 Å². The summed E-state index contributed by atoms with van der Waals surface area (Å²) in [4.78, 5) is 12.6. The summed E-state index contributed by atoms with van der Waals surface area (Å²) in [5, 5.41) is 3.06. The van der Waals surface area contributed by atoms with E-state index in [1.54, 1.807) is 21.3 Å². The molecule has 0 spiro atoms. The maximum absolute atomic E-state index is 12.6. The van der Waals surface area contributed by atoms with Gasteiger partial charge in [-0.1, -0.05) is 0 Å². The van der Waals surface area contributed by atoms with Gasteiger partial charge in [-0.2, -0.15) is 0 Å². The van der Waals surface area contributed by atoms with E-state index in [2.05, 4.69) is 5.32 Å². The quantitative estimate of drug-likeness (QED) is 0.784. The van der Waals surface area contributed by atoms with E-state index in [0.717, 1.165) is 18.4 Å². The molecule has 4 atom stereocenters. The minimum Gasteiger partial charge on any atom is -0.496 e. The van der Waals surface area contributed by atoms with Crippen molar-refractivity contribution in [3.63, 3.8) is 0 Å². The van der Waals surface area contributed by atoms with E-state index >= 15 is 0 Å². The smallest absolute Gasteiger partial charge is 0.224 e. The first-order chi connectivity index (χ1) is 12.1. The van der Waals surface area contributed by atoms with Gasteiger partial charge >= 0.3 is 0 Å². The fourth-order valence-corrected chi connectivity index (χ4v) is 4.48. The molecule has 2 saturated carbocycles. The Morgan fingerprint density at radius 1 is 1.12 bits per heavy atom. The highest BCUT2D eigenvalue weighted by molar-refractivity contribution is 5.80. The standard InChI is InChI=1S/C19H28N2O4/c1-23-13-9-15(24-2)14(16(10-13)25-3)6-7-21-19(22)17-11-4-5-12(8-11)18(17)20/h9-12,17-18H,4-8,20H2,1-3H3,(H,21,22). The fraction of sp³-hybridized carbons (Fsp3) is 0.632. The van der Waals surface area contributed by atoms with Gasteiger partial charge in [-0.25, -0.2) is 0 Å². The molecule has 3 N–H and O–H groups in total. The van der Waals surface area contributed by atoms with Crippen LogP contribution in [0.25, 0.3) is 0 Å². The summed E-state index contributed by atoms with van der Waals surface area (Å²) in [5.41, 5.74) is 7.18. The fourth-order valence-electron chi connectivity index (χ4n) is 4.48. The lowest BCUT2D eigenvalue weighted by molar-refractivity contribution is -0.127. The van der Waals surface area contributed by atoms with Crippen LogP contribution in [0.4, 0.5) is 0 Å². The molecular weight excluding hydrogens is 320 g/mol. The van der Waals surface area contributed by atoms with Crippen molar-refractivity contribution in [3.05, 3.63) is 17.7 Å². The first-order valence-corrected chi connectivity index (χ1v) is 8.91. The van der Waals surface area contributed by atoms with Crippen molar-refractivity contribution < 1.29 is 19.0 Å². The molecule has 0 aromatic heterocycles. The largest absolute Gasteiger partial charge is 0.496 e. The summed E-state index contributed by atoms with van der Waals surface area (Å²) in [6.07, 6.45) is 4.05. The lowest BCUT2D eigenvalue weighted by Crippen LogP contribution is -2.45. The average molecular weight is 348 g/mol. The van der Waals surface area contributed by atoms with E-state index in [4.69, 9.17) is 19.9 Å². The molecule has 0 heterocycles. The Balaban J connectivity index is 1.63. The van der Waals surface area contributed by atoms with E-state index in [0.29, 0.717) is 42.0 Å². The molecule has 4 unspecified atom stereocenters. The van der Waals surface area contributed by atoms with Crippen molar-refractivity contribution in [2.75, 3.05) is 27.9 Å². The normalized spacial score (nSPS) is 27.2. The van der Waals surface area contributed by atoms with Crippen molar-refractivity contribution in [1.29, 1.82) is 0 Å². The Kier molecular flexibility index (Phi) is 5.37. The van der Waals surface area contributed by atoms with Crippen molar-refractivity contribution >= 4 is 5.91 Å². The molecule has 138 valence electrons. The van der Waals surface area contributed by atoms with Crippen LogP contribution in [-0.4, -0.2) is 39.8 Å². The minimum absolute atomic E-state index is 0.0174. The summed E-state index contributed by atoms with van der Waals surface area (Å²) < 4.78 is 16.2. The second kappa shape index (κ2) is 7.52. The highest BCUT2D eigenvalue weighted by Crippen LogP contribution is 2.47. The Labute approximate surface area is 149 Å². The summed E-state index contributed by atoms with van der Waals surface area (Å²) in [6.45, 7) is 0.526. The Bertz CT molecular complexity index is 607. The molecule has 2 aliphatic carbocycles. The van der Waals surface area contributed by atoms with Gasteiger partial charge in [0.25, 0.3) is 0 Å². The lowest BCUT2D eigenvalue weighted by Gasteiger charge is -2.27. The number of nitrogens with one attached hydrogen (secondary N) is 1. The van der Waals surface area contributed by atoms with Gasteiger partial charge in [0.1, 0.15) is 17.2 Å². The van der Waals surface area contributed by atoms with Gasteiger partial charge in [0.15, 0.2) is 0 Å². The highest BCUT2D eigenvalue weighted by atomic mass is 16.5. The van der Waals surface area contributed by atoms with Crippen molar-refractivity contribution in [1.82, 2.24) is 5.32 Å². The third-order valence-electron chi connectivity index (χ3n) is 5.77. The molecule has 25 heavy (non-hydrogen) atoms. The van der Waals surface area contributed by atoms with Gasteiger partial charge in [-0.05, 0) is 37.5 Å². The monoisotopic (exact) mass is 348 g/mol. The molecule has 1 aromatic carbocycles. The minimum atomic E-state index is -0.0293. The van der Waals surface area contributed by atoms with Gasteiger partial charge in [-0.3, -0.25) is 4.79 Å². The lowest BCUT2D eigenvalue weighted by atomic mass is 9.84. The van der Waals surface area contributed by atoms with E-state index in [1.807, 2.05) is 12.1 Å². The van der Waals surface area contributed by atoms with Crippen LogP contribution in [0.5, 0.6) is 17.2 Å². The summed E-state index contributed by atoms with van der Waals surface area (Å²) >= 11 is 0. The Morgan fingerprint density at radius 2 is 1.76 bits per heavy atom. The Hall–Kier alpha value is -1.95. The number of hydrogen-bond acceptors (Lipinski definition) is 5. The molecule has 2 fully saturated rings. The number of benzene rings is 1. The van der Waals surface area contributed by atoms with Gasteiger partial charge < -0.3 is 25.3 Å².